The minimum atomic E-state index is -2.95. The minimum Gasteiger partial charge on any atom is -0.313 e. The second-order valence-electron chi connectivity index (χ2n) is 4.64. The van der Waals surface area contributed by atoms with Gasteiger partial charge < -0.3 is 5.32 Å². The lowest BCUT2D eigenvalue weighted by atomic mass is 10.0. The smallest absolute Gasteiger partial charge is 0.147 e. The molecule has 18 heavy (non-hydrogen) atoms. The average Bonchev–Trinajstić information content (AvgIpc) is 2.24. The summed E-state index contributed by atoms with van der Waals surface area (Å²) in [6, 6.07) is 4.97. The fraction of sp³-hybridized carbons (Fsp3) is 0.538. The van der Waals surface area contributed by atoms with Crippen molar-refractivity contribution in [2.24, 2.45) is 0 Å². The minimum absolute atomic E-state index is 0.138. The lowest BCUT2D eigenvalue weighted by molar-refractivity contribution is 0.502. The van der Waals surface area contributed by atoms with E-state index in [-0.39, 0.29) is 17.6 Å². The van der Waals surface area contributed by atoms with E-state index in [1.54, 1.807) is 13.1 Å². The molecule has 0 radical (unpaired) electrons. The van der Waals surface area contributed by atoms with Crippen LogP contribution in [0.5, 0.6) is 0 Å². The molecule has 0 spiro atoms. The highest BCUT2D eigenvalue weighted by Gasteiger charge is 2.14. The highest BCUT2D eigenvalue weighted by Crippen LogP contribution is 2.22. The van der Waals surface area contributed by atoms with E-state index in [9.17, 15) is 12.8 Å². The van der Waals surface area contributed by atoms with Gasteiger partial charge in [0.2, 0.25) is 0 Å². The number of halogens is 1. The standard InChI is InChI=1S/C13H20FNO2S/c1-10-6-7-11(12(14)9-10)13(15-2)5-4-8-18(3,16)17/h6-7,9,13,15H,4-5,8H2,1-3H3. The molecule has 0 aliphatic carbocycles. The molecule has 0 amide bonds. The van der Waals surface area contributed by atoms with Crippen LogP contribution in [0.4, 0.5) is 4.39 Å². The summed E-state index contributed by atoms with van der Waals surface area (Å²) in [6.07, 6.45) is 2.34. The Hall–Kier alpha value is -0.940. The fourth-order valence-electron chi connectivity index (χ4n) is 1.92. The van der Waals surface area contributed by atoms with E-state index in [4.69, 9.17) is 0 Å². The van der Waals surface area contributed by atoms with Gasteiger partial charge in [-0.3, -0.25) is 0 Å². The third kappa shape index (κ3) is 4.74. The first kappa shape index (κ1) is 15.1. The highest BCUT2D eigenvalue weighted by molar-refractivity contribution is 7.90. The van der Waals surface area contributed by atoms with Crippen LogP contribution in [0.15, 0.2) is 18.2 Å². The molecule has 1 N–H and O–H groups in total. The Kier molecular flexibility index (Phi) is 5.28. The van der Waals surface area contributed by atoms with Gasteiger partial charge in [0.1, 0.15) is 15.7 Å². The SMILES string of the molecule is CNC(CCCS(C)(=O)=O)c1ccc(C)cc1F. The zero-order valence-electron chi connectivity index (χ0n) is 11.0. The topological polar surface area (TPSA) is 46.2 Å². The first-order valence-electron chi connectivity index (χ1n) is 5.94. The second kappa shape index (κ2) is 6.29. The summed E-state index contributed by atoms with van der Waals surface area (Å²) in [5, 5.41) is 3.03. The predicted molar refractivity (Wildman–Crippen MR) is 71.9 cm³/mol. The second-order valence-corrected chi connectivity index (χ2v) is 6.90. The number of nitrogens with one attached hydrogen (secondary N) is 1. The Morgan fingerprint density at radius 3 is 2.56 bits per heavy atom. The first-order valence-corrected chi connectivity index (χ1v) is 8.00. The number of benzene rings is 1. The van der Waals surface area contributed by atoms with Gasteiger partial charge in [-0.25, -0.2) is 12.8 Å². The number of sulfone groups is 1. The molecule has 102 valence electrons. The highest BCUT2D eigenvalue weighted by atomic mass is 32.2. The maximum absolute atomic E-state index is 13.8. The molecule has 0 saturated heterocycles. The molecule has 0 fully saturated rings. The normalized spacial score (nSPS) is 13.6. The lowest BCUT2D eigenvalue weighted by Gasteiger charge is -2.17. The van der Waals surface area contributed by atoms with Crippen LogP contribution < -0.4 is 5.32 Å². The van der Waals surface area contributed by atoms with E-state index in [1.807, 2.05) is 13.0 Å². The zero-order valence-corrected chi connectivity index (χ0v) is 11.8. The van der Waals surface area contributed by atoms with Gasteiger partial charge in [-0.1, -0.05) is 12.1 Å². The van der Waals surface area contributed by atoms with Crippen molar-refractivity contribution in [3.63, 3.8) is 0 Å². The van der Waals surface area contributed by atoms with Crippen LogP contribution in [0, 0.1) is 12.7 Å². The Morgan fingerprint density at radius 1 is 1.39 bits per heavy atom. The van der Waals surface area contributed by atoms with Crippen LogP contribution in [-0.2, 0) is 9.84 Å². The lowest BCUT2D eigenvalue weighted by Crippen LogP contribution is -2.19. The third-order valence-corrected chi connectivity index (χ3v) is 3.92. The van der Waals surface area contributed by atoms with Gasteiger partial charge in [0.05, 0.1) is 0 Å². The van der Waals surface area contributed by atoms with Crippen LogP contribution >= 0.6 is 0 Å². The Balaban J connectivity index is 2.71. The van der Waals surface area contributed by atoms with E-state index in [2.05, 4.69) is 5.32 Å². The average molecular weight is 273 g/mol. The largest absolute Gasteiger partial charge is 0.313 e. The zero-order chi connectivity index (χ0) is 13.8. The van der Waals surface area contributed by atoms with E-state index in [0.29, 0.717) is 18.4 Å². The summed E-state index contributed by atoms with van der Waals surface area (Å²) < 4.78 is 35.9. The van der Waals surface area contributed by atoms with Crippen molar-refractivity contribution < 1.29 is 12.8 Å². The number of rotatable bonds is 6. The molecular weight excluding hydrogens is 253 g/mol. The van der Waals surface area contributed by atoms with Gasteiger partial charge in [-0.05, 0) is 38.4 Å². The Morgan fingerprint density at radius 2 is 2.06 bits per heavy atom. The van der Waals surface area contributed by atoms with Crippen molar-refractivity contribution in [3.05, 3.63) is 35.1 Å². The van der Waals surface area contributed by atoms with Gasteiger partial charge >= 0.3 is 0 Å². The first-order chi connectivity index (χ1) is 8.33. The van der Waals surface area contributed by atoms with Crippen molar-refractivity contribution in [1.82, 2.24) is 5.32 Å². The quantitative estimate of drug-likeness (QED) is 0.864. The van der Waals surface area contributed by atoms with Crippen LogP contribution in [0.3, 0.4) is 0 Å². The van der Waals surface area contributed by atoms with Crippen molar-refractivity contribution >= 4 is 9.84 Å². The van der Waals surface area contributed by atoms with Crippen LogP contribution in [0.1, 0.15) is 30.0 Å². The molecule has 0 aromatic heterocycles. The summed E-state index contributed by atoms with van der Waals surface area (Å²) in [6.45, 7) is 1.84. The van der Waals surface area contributed by atoms with Gasteiger partial charge in [-0.15, -0.1) is 0 Å². The Bertz CT molecular complexity index is 500. The maximum atomic E-state index is 13.8. The summed E-state index contributed by atoms with van der Waals surface area (Å²) in [5.41, 5.74) is 1.47. The molecule has 5 heteroatoms. The molecule has 0 saturated carbocycles. The molecule has 0 bridgehead atoms. The van der Waals surface area contributed by atoms with Gasteiger partial charge in [0, 0.05) is 23.6 Å². The molecule has 0 aliphatic heterocycles. The van der Waals surface area contributed by atoms with Crippen molar-refractivity contribution in [1.29, 1.82) is 0 Å². The summed E-state index contributed by atoms with van der Waals surface area (Å²) >= 11 is 0. The number of hydrogen-bond acceptors (Lipinski definition) is 3. The number of aryl methyl sites for hydroxylation is 1. The molecule has 1 unspecified atom stereocenters. The summed E-state index contributed by atoms with van der Waals surface area (Å²) in [5.74, 6) is -0.104. The summed E-state index contributed by atoms with van der Waals surface area (Å²) in [4.78, 5) is 0. The molecular formula is C13H20FNO2S. The number of hydrogen-bond donors (Lipinski definition) is 1. The Labute approximate surface area is 108 Å². The molecule has 0 heterocycles. The van der Waals surface area contributed by atoms with Gasteiger partial charge in [0.25, 0.3) is 0 Å². The molecule has 3 nitrogen and oxygen atoms in total. The van der Waals surface area contributed by atoms with E-state index >= 15 is 0 Å². The van der Waals surface area contributed by atoms with E-state index < -0.39 is 9.84 Å². The summed E-state index contributed by atoms with van der Waals surface area (Å²) in [7, 11) is -1.19. The maximum Gasteiger partial charge on any atom is 0.147 e. The van der Waals surface area contributed by atoms with E-state index in [1.165, 1.54) is 12.3 Å². The van der Waals surface area contributed by atoms with Crippen LogP contribution in [0.2, 0.25) is 0 Å². The fourth-order valence-corrected chi connectivity index (χ4v) is 2.61. The van der Waals surface area contributed by atoms with Crippen molar-refractivity contribution in [2.45, 2.75) is 25.8 Å². The van der Waals surface area contributed by atoms with Crippen molar-refractivity contribution in [2.75, 3.05) is 19.1 Å². The molecule has 1 rings (SSSR count). The van der Waals surface area contributed by atoms with Crippen LogP contribution in [0.25, 0.3) is 0 Å². The third-order valence-electron chi connectivity index (χ3n) is 2.89. The van der Waals surface area contributed by atoms with E-state index in [0.717, 1.165) is 5.56 Å². The monoisotopic (exact) mass is 273 g/mol. The molecule has 1 aromatic rings. The molecule has 1 aromatic carbocycles. The van der Waals surface area contributed by atoms with Crippen molar-refractivity contribution in [3.8, 4) is 0 Å². The van der Waals surface area contributed by atoms with Crippen LogP contribution in [-0.4, -0.2) is 27.5 Å². The molecule has 1 atom stereocenters. The molecule has 0 aliphatic rings. The van der Waals surface area contributed by atoms with Gasteiger partial charge in [-0.2, -0.15) is 0 Å². The predicted octanol–water partition coefficient (Wildman–Crippen LogP) is 2.22. The van der Waals surface area contributed by atoms with Gasteiger partial charge in [0.15, 0.2) is 0 Å².